The molecule has 1 aliphatic heterocycles. The molecule has 4 rings (SSSR count). The SMILES string of the molecule is Cn1cc(-c2cc(CN[SH](=O)=O)ccc2OC2CCOC2)c2cc[nH]c2c1=O. The summed E-state index contributed by atoms with van der Waals surface area (Å²) in [4.78, 5) is 15.4. The molecule has 148 valence electrons. The molecule has 1 aliphatic rings. The van der Waals surface area contributed by atoms with Gasteiger partial charge in [0.25, 0.3) is 5.56 Å². The summed E-state index contributed by atoms with van der Waals surface area (Å²) in [7, 11) is -0.986. The van der Waals surface area contributed by atoms with E-state index >= 15 is 0 Å². The first-order chi connectivity index (χ1) is 13.5. The molecule has 2 aromatic heterocycles. The minimum absolute atomic E-state index is 0.0342. The summed E-state index contributed by atoms with van der Waals surface area (Å²) in [5.74, 6) is 0.673. The highest BCUT2D eigenvalue weighted by molar-refractivity contribution is 7.70. The summed E-state index contributed by atoms with van der Waals surface area (Å²) in [6.45, 7) is 1.38. The summed E-state index contributed by atoms with van der Waals surface area (Å²) in [5.41, 5.74) is 2.83. The number of pyridine rings is 1. The van der Waals surface area contributed by atoms with Crippen molar-refractivity contribution >= 4 is 21.8 Å². The van der Waals surface area contributed by atoms with Crippen molar-refractivity contribution < 1.29 is 17.9 Å². The zero-order valence-electron chi connectivity index (χ0n) is 15.3. The molecule has 1 fully saturated rings. The average Bonchev–Trinajstić information content (AvgIpc) is 3.36. The number of fused-ring (bicyclic) bond motifs is 1. The lowest BCUT2D eigenvalue weighted by molar-refractivity contribution is 0.141. The van der Waals surface area contributed by atoms with Gasteiger partial charge in [0.05, 0.1) is 13.2 Å². The third kappa shape index (κ3) is 3.68. The van der Waals surface area contributed by atoms with Crippen LogP contribution in [-0.4, -0.2) is 37.3 Å². The topological polar surface area (TPSA) is 102 Å². The minimum Gasteiger partial charge on any atom is -0.487 e. The molecule has 0 radical (unpaired) electrons. The molecule has 28 heavy (non-hydrogen) atoms. The third-order valence-corrected chi connectivity index (χ3v) is 5.24. The average molecular weight is 403 g/mol. The molecular weight excluding hydrogens is 382 g/mol. The fourth-order valence-electron chi connectivity index (χ4n) is 3.43. The van der Waals surface area contributed by atoms with E-state index in [1.54, 1.807) is 19.4 Å². The van der Waals surface area contributed by atoms with Crippen molar-refractivity contribution in [1.82, 2.24) is 14.3 Å². The van der Waals surface area contributed by atoms with Crippen molar-refractivity contribution in [2.75, 3.05) is 13.2 Å². The highest BCUT2D eigenvalue weighted by Gasteiger charge is 2.21. The fourth-order valence-corrected chi connectivity index (χ4v) is 3.74. The van der Waals surface area contributed by atoms with E-state index in [0.29, 0.717) is 24.5 Å². The van der Waals surface area contributed by atoms with Crippen LogP contribution in [0, 0.1) is 0 Å². The standard InChI is InChI=1S/C19H21N3O5S/c1-22-10-16(14-4-6-20-18(14)19(22)23)15-8-12(9-21-28(24)25)2-3-17(15)27-13-5-7-26-11-13/h2-4,6,8,10,13,20,28H,5,7,9,11H2,1H3,(H,21,24,25). The lowest BCUT2D eigenvalue weighted by atomic mass is 10.00. The number of hydrogen-bond donors (Lipinski definition) is 3. The number of thiol groups is 1. The second kappa shape index (κ2) is 7.78. The maximum Gasteiger partial charge on any atom is 0.274 e. The van der Waals surface area contributed by atoms with Crippen LogP contribution in [0.3, 0.4) is 0 Å². The van der Waals surface area contributed by atoms with E-state index in [2.05, 4.69) is 9.71 Å². The molecule has 2 N–H and O–H groups in total. The highest BCUT2D eigenvalue weighted by atomic mass is 32.2. The number of nitrogens with one attached hydrogen (secondary N) is 2. The van der Waals surface area contributed by atoms with Crippen LogP contribution in [0.5, 0.6) is 5.75 Å². The van der Waals surface area contributed by atoms with Crippen LogP contribution >= 0.6 is 0 Å². The molecule has 1 atom stereocenters. The monoisotopic (exact) mass is 403 g/mol. The molecule has 3 heterocycles. The number of nitrogens with zero attached hydrogens (tertiary/aromatic N) is 1. The minimum atomic E-state index is -2.68. The van der Waals surface area contributed by atoms with Crippen LogP contribution in [0.1, 0.15) is 12.0 Å². The van der Waals surface area contributed by atoms with Gasteiger partial charge in [-0.15, -0.1) is 0 Å². The van der Waals surface area contributed by atoms with Crippen LogP contribution in [0.4, 0.5) is 0 Å². The summed E-state index contributed by atoms with van der Waals surface area (Å²) >= 11 is 0. The van der Waals surface area contributed by atoms with Gasteiger partial charge in [0.1, 0.15) is 17.4 Å². The van der Waals surface area contributed by atoms with E-state index < -0.39 is 10.9 Å². The molecule has 0 aliphatic carbocycles. The number of aryl methyl sites for hydroxylation is 1. The second-order valence-corrected chi connectivity index (χ2v) is 7.58. The Balaban J connectivity index is 1.84. The number of aromatic nitrogens is 2. The second-order valence-electron chi connectivity index (χ2n) is 6.75. The van der Waals surface area contributed by atoms with Crippen molar-refractivity contribution in [3.8, 4) is 16.9 Å². The van der Waals surface area contributed by atoms with Crippen LogP contribution in [0.15, 0.2) is 41.5 Å². The summed E-state index contributed by atoms with van der Waals surface area (Å²) in [5, 5.41) is 0.788. The zero-order chi connectivity index (χ0) is 19.7. The van der Waals surface area contributed by atoms with Crippen molar-refractivity contribution in [2.45, 2.75) is 19.1 Å². The Hall–Kier alpha value is -2.62. The van der Waals surface area contributed by atoms with E-state index in [0.717, 1.165) is 28.5 Å². The maximum atomic E-state index is 12.4. The van der Waals surface area contributed by atoms with Crippen molar-refractivity contribution in [2.24, 2.45) is 7.05 Å². The number of rotatable bonds is 6. The molecule has 0 amide bonds. The molecule has 0 bridgehead atoms. The van der Waals surface area contributed by atoms with Gasteiger partial charge in [-0.3, -0.25) is 4.79 Å². The number of hydrogen-bond acceptors (Lipinski definition) is 5. The Morgan fingerprint density at radius 3 is 2.93 bits per heavy atom. The Labute approximate surface area is 163 Å². The van der Waals surface area contributed by atoms with Gasteiger partial charge in [-0.2, -0.15) is 0 Å². The predicted molar refractivity (Wildman–Crippen MR) is 106 cm³/mol. The largest absolute Gasteiger partial charge is 0.487 e. The van der Waals surface area contributed by atoms with E-state index in [4.69, 9.17) is 9.47 Å². The summed E-state index contributed by atoms with van der Waals surface area (Å²) < 4.78 is 37.3. The lowest BCUT2D eigenvalue weighted by Gasteiger charge is -2.18. The Bertz CT molecular complexity index is 1130. The molecule has 3 aromatic rings. The highest BCUT2D eigenvalue weighted by Crippen LogP contribution is 2.36. The third-order valence-electron chi connectivity index (χ3n) is 4.82. The lowest BCUT2D eigenvalue weighted by Crippen LogP contribution is -2.18. The molecule has 8 nitrogen and oxygen atoms in total. The molecule has 9 heteroatoms. The summed E-state index contributed by atoms with van der Waals surface area (Å²) in [6.07, 6.45) is 4.28. The number of ether oxygens (including phenoxy) is 2. The molecule has 1 unspecified atom stereocenters. The van der Waals surface area contributed by atoms with E-state index in [9.17, 15) is 13.2 Å². The van der Waals surface area contributed by atoms with Crippen LogP contribution in [0.25, 0.3) is 22.0 Å². The van der Waals surface area contributed by atoms with Crippen LogP contribution < -0.4 is 15.0 Å². The Morgan fingerprint density at radius 2 is 2.18 bits per heavy atom. The van der Waals surface area contributed by atoms with Gasteiger partial charge in [0.15, 0.2) is 0 Å². The van der Waals surface area contributed by atoms with Gasteiger partial charge in [0.2, 0.25) is 10.9 Å². The van der Waals surface area contributed by atoms with Crippen molar-refractivity contribution in [3.63, 3.8) is 0 Å². The zero-order valence-corrected chi connectivity index (χ0v) is 16.2. The maximum absolute atomic E-state index is 12.4. The van der Waals surface area contributed by atoms with E-state index in [1.165, 1.54) is 4.57 Å². The Kier molecular flexibility index (Phi) is 5.21. The molecule has 1 saturated heterocycles. The molecule has 0 saturated carbocycles. The fraction of sp³-hybridized carbons (Fsp3) is 0.316. The van der Waals surface area contributed by atoms with Gasteiger partial charge in [0, 0.05) is 48.9 Å². The smallest absolute Gasteiger partial charge is 0.274 e. The van der Waals surface area contributed by atoms with Crippen molar-refractivity contribution in [3.05, 3.63) is 52.6 Å². The first-order valence-corrected chi connectivity index (χ1v) is 10.1. The normalized spacial score (nSPS) is 16.9. The molecule has 0 spiro atoms. The van der Waals surface area contributed by atoms with Gasteiger partial charge in [-0.1, -0.05) is 6.07 Å². The number of H-pyrrole nitrogens is 1. The number of aromatic amines is 1. The Morgan fingerprint density at radius 1 is 1.32 bits per heavy atom. The van der Waals surface area contributed by atoms with Gasteiger partial charge in [-0.25, -0.2) is 13.1 Å². The quantitative estimate of drug-likeness (QED) is 0.539. The van der Waals surface area contributed by atoms with Gasteiger partial charge >= 0.3 is 0 Å². The molecular formula is C19H21N3O5S. The van der Waals surface area contributed by atoms with Gasteiger partial charge in [-0.05, 0) is 23.8 Å². The van der Waals surface area contributed by atoms with Crippen LogP contribution in [0.2, 0.25) is 0 Å². The van der Waals surface area contributed by atoms with Crippen molar-refractivity contribution in [1.29, 1.82) is 0 Å². The number of benzene rings is 1. The van der Waals surface area contributed by atoms with E-state index in [1.807, 2.05) is 24.3 Å². The van der Waals surface area contributed by atoms with E-state index in [-0.39, 0.29) is 18.2 Å². The van der Waals surface area contributed by atoms with Gasteiger partial charge < -0.3 is 19.0 Å². The van der Waals surface area contributed by atoms with Crippen LogP contribution in [-0.2, 0) is 29.2 Å². The predicted octanol–water partition coefficient (Wildman–Crippen LogP) is 1.32. The first-order valence-electron chi connectivity index (χ1n) is 8.95. The summed E-state index contributed by atoms with van der Waals surface area (Å²) in [6, 6.07) is 7.42. The first kappa shape index (κ1) is 18.7. The molecule has 1 aromatic carbocycles.